The van der Waals surface area contributed by atoms with Crippen LogP contribution in [0.25, 0.3) is 0 Å². The molecule has 4 aliphatic rings. The van der Waals surface area contributed by atoms with Crippen molar-refractivity contribution in [2.45, 2.75) is 45.1 Å². The smallest absolute Gasteiger partial charge is 0.137 e. The molecule has 0 amide bonds. The number of aliphatic hydroxyl groups excluding tert-OH is 1. The minimum atomic E-state index is -0.323. The Kier molecular flexibility index (Phi) is 2.42. The van der Waals surface area contributed by atoms with Crippen LogP contribution in [0.4, 0.5) is 0 Å². The van der Waals surface area contributed by atoms with Gasteiger partial charge in [-0.05, 0) is 25.7 Å². The number of ketones is 1. The Morgan fingerprint density at radius 3 is 3.00 bits per heavy atom. The molecule has 3 nitrogen and oxygen atoms in total. The monoisotopic (exact) mass is 261 g/mol. The Labute approximate surface area is 114 Å². The molecule has 0 radical (unpaired) electrons. The third-order valence-electron chi connectivity index (χ3n) is 6.22. The van der Waals surface area contributed by atoms with Crippen molar-refractivity contribution < 1.29 is 9.90 Å². The molecule has 4 rings (SSSR count). The van der Waals surface area contributed by atoms with E-state index in [4.69, 9.17) is 0 Å². The van der Waals surface area contributed by atoms with Crippen molar-refractivity contribution in [2.75, 3.05) is 13.1 Å². The molecule has 1 spiro atoms. The summed E-state index contributed by atoms with van der Waals surface area (Å²) in [7, 11) is 0. The summed E-state index contributed by atoms with van der Waals surface area (Å²) in [4.78, 5) is 15.0. The van der Waals surface area contributed by atoms with E-state index in [1.165, 1.54) is 12.1 Å². The maximum absolute atomic E-state index is 12.5. The minimum Gasteiger partial charge on any atom is -0.392 e. The first-order valence-corrected chi connectivity index (χ1v) is 7.82. The molecule has 2 bridgehead atoms. The van der Waals surface area contributed by atoms with Gasteiger partial charge in [0.2, 0.25) is 0 Å². The van der Waals surface area contributed by atoms with Crippen LogP contribution in [0, 0.1) is 23.2 Å². The van der Waals surface area contributed by atoms with Crippen molar-refractivity contribution in [3.8, 4) is 0 Å². The van der Waals surface area contributed by atoms with Gasteiger partial charge in [0.15, 0.2) is 0 Å². The number of allylic oxidation sites excluding steroid dienone is 1. The van der Waals surface area contributed by atoms with Gasteiger partial charge in [-0.3, -0.25) is 4.79 Å². The topological polar surface area (TPSA) is 40.5 Å². The summed E-state index contributed by atoms with van der Waals surface area (Å²) in [5.41, 5.74) is 1.42. The van der Waals surface area contributed by atoms with Crippen LogP contribution in [0.3, 0.4) is 0 Å². The summed E-state index contributed by atoms with van der Waals surface area (Å²) in [5.74, 6) is 0.989. The molecule has 2 aliphatic carbocycles. The molecule has 2 heterocycles. The molecule has 2 saturated heterocycles. The SMILES string of the molecule is C[C@@H]1C=C2N3CCC[C@@H]4C(=O)C[C@@H]([C@H]1O)[C@@]24CCC3. The van der Waals surface area contributed by atoms with Gasteiger partial charge in [-0.2, -0.15) is 0 Å². The maximum atomic E-state index is 12.5. The Balaban J connectivity index is 1.92. The van der Waals surface area contributed by atoms with E-state index in [2.05, 4.69) is 17.9 Å². The summed E-state index contributed by atoms with van der Waals surface area (Å²) in [5, 5.41) is 10.6. The van der Waals surface area contributed by atoms with Gasteiger partial charge in [0.05, 0.1) is 6.10 Å². The number of carbonyl (C=O) groups is 1. The highest BCUT2D eigenvalue weighted by atomic mass is 16.3. The molecule has 2 aliphatic heterocycles. The second kappa shape index (κ2) is 3.85. The van der Waals surface area contributed by atoms with E-state index in [9.17, 15) is 9.90 Å². The second-order valence-electron chi connectivity index (χ2n) is 7.00. The molecule has 104 valence electrons. The largest absolute Gasteiger partial charge is 0.392 e. The molecular weight excluding hydrogens is 238 g/mol. The minimum absolute atomic E-state index is 0.00222. The van der Waals surface area contributed by atoms with Gasteiger partial charge < -0.3 is 10.0 Å². The predicted octanol–water partition coefficient (Wildman–Crippen LogP) is 1.96. The normalized spacial score (nSPS) is 48.6. The third-order valence-corrected chi connectivity index (χ3v) is 6.22. The van der Waals surface area contributed by atoms with Crippen LogP contribution in [0.15, 0.2) is 11.8 Å². The van der Waals surface area contributed by atoms with Crippen LogP contribution in [-0.4, -0.2) is 35.0 Å². The Hall–Kier alpha value is -0.830. The van der Waals surface area contributed by atoms with E-state index < -0.39 is 0 Å². The fraction of sp³-hybridized carbons (Fsp3) is 0.812. The van der Waals surface area contributed by atoms with Crippen molar-refractivity contribution >= 4 is 5.78 Å². The number of nitrogens with zero attached hydrogens (tertiary/aromatic N) is 1. The van der Waals surface area contributed by atoms with E-state index in [0.29, 0.717) is 12.2 Å². The van der Waals surface area contributed by atoms with Crippen molar-refractivity contribution in [1.29, 1.82) is 0 Å². The average Bonchev–Trinajstić information content (AvgIpc) is 2.62. The first-order chi connectivity index (χ1) is 9.14. The summed E-state index contributed by atoms with van der Waals surface area (Å²) >= 11 is 0. The number of hydrogen-bond donors (Lipinski definition) is 1. The van der Waals surface area contributed by atoms with Gasteiger partial charge in [0.25, 0.3) is 0 Å². The number of Topliss-reactive ketones (excluding diaryl/α,β-unsaturated/α-hetero) is 1. The van der Waals surface area contributed by atoms with E-state index in [1.54, 1.807) is 0 Å². The van der Waals surface area contributed by atoms with E-state index >= 15 is 0 Å². The standard InChI is InChI=1S/C16H23NO2/c1-10-8-14-16-5-3-7-17(14)6-2-4-11(16)13(18)9-12(16)15(10)19/h8,10-12,15,19H,2-7,9H2,1H3/t10-,11-,12+,15+,16+/m1/s1. The zero-order chi connectivity index (χ0) is 13.2. The average molecular weight is 261 g/mol. The summed E-state index contributed by atoms with van der Waals surface area (Å²) in [6.45, 7) is 4.35. The number of aliphatic hydroxyl groups is 1. The Bertz CT molecular complexity index is 458. The van der Waals surface area contributed by atoms with Crippen molar-refractivity contribution in [1.82, 2.24) is 4.90 Å². The molecule has 3 fully saturated rings. The molecule has 19 heavy (non-hydrogen) atoms. The molecule has 0 unspecified atom stereocenters. The molecule has 1 saturated carbocycles. The molecule has 0 aromatic rings. The van der Waals surface area contributed by atoms with Crippen LogP contribution in [-0.2, 0) is 4.79 Å². The zero-order valence-electron chi connectivity index (χ0n) is 11.6. The Morgan fingerprint density at radius 1 is 1.37 bits per heavy atom. The molecule has 1 N–H and O–H groups in total. The number of rotatable bonds is 0. The lowest BCUT2D eigenvalue weighted by Gasteiger charge is -2.52. The van der Waals surface area contributed by atoms with Crippen molar-refractivity contribution in [3.05, 3.63) is 11.8 Å². The van der Waals surface area contributed by atoms with Gasteiger partial charge in [0, 0.05) is 48.4 Å². The molecule has 0 aromatic carbocycles. The van der Waals surface area contributed by atoms with Crippen LogP contribution in [0.1, 0.15) is 39.0 Å². The summed E-state index contributed by atoms with van der Waals surface area (Å²) < 4.78 is 0. The first kappa shape index (κ1) is 12.0. The lowest BCUT2D eigenvalue weighted by molar-refractivity contribution is -0.122. The number of hydrogen-bond acceptors (Lipinski definition) is 3. The van der Waals surface area contributed by atoms with Crippen molar-refractivity contribution in [3.63, 3.8) is 0 Å². The van der Waals surface area contributed by atoms with Crippen LogP contribution in [0.5, 0.6) is 0 Å². The van der Waals surface area contributed by atoms with Gasteiger partial charge in [0.1, 0.15) is 5.78 Å². The molecular formula is C16H23NO2. The third kappa shape index (κ3) is 1.35. The van der Waals surface area contributed by atoms with E-state index in [0.717, 1.165) is 32.4 Å². The van der Waals surface area contributed by atoms with Crippen LogP contribution in [0.2, 0.25) is 0 Å². The van der Waals surface area contributed by atoms with Gasteiger partial charge in [-0.25, -0.2) is 0 Å². The van der Waals surface area contributed by atoms with Crippen LogP contribution >= 0.6 is 0 Å². The second-order valence-corrected chi connectivity index (χ2v) is 7.00. The number of piperidine rings is 1. The summed E-state index contributed by atoms with van der Waals surface area (Å²) in [6, 6.07) is 0. The molecule has 5 atom stereocenters. The van der Waals surface area contributed by atoms with Gasteiger partial charge in [-0.1, -0.05) is 13.0 Å². The highest BCUT2D eigenvalue weighted by Gasteiger charge is 2.62. The lowest BCUT2D eigenvalue weighted by atomic mass is 9.58. The fourth-order valence-electron chi connectivity index (χ4n) is 5.46. The van der Waals surface area contributed by atoms with Gasteiger partial charge in [-0.15, -0.1) is 0 Å². The number of carbonyl (C=O) groups excluding carboxylic acids is 1. The van der Waals surface area contributed by atoms with Crippen LogP contribution < -0.4 is 0 Å². The van der Waals surface area contributed by atoms with Crippen molar-refractivity contribution in [2.24, 2.45) is 23.2 Å². The summed E-state index contributed by atoms with van der Waals surface area (Å²) in [6.07, 6.45) is 7.03. The van der Waals surface area contributed by atoms with E-state index in [1.807, 2.05) is 0 Å². The highest BCUT2D eigenvalue weighted by Crippen LogP contribution is 2.62. The fourth-order valence-corrected chi connectivity index (χ4v) is 5.46. The van der Waals surface area contributed by atoms with Gasteiger partial charge >= 0.3 is 0 Å². The Morgan fingerprint density at radius 2 is 2.16 bits per heavy atom. The molecule has 3 heteroatoms. The van der Waals surface area contributed by atoms with E-state index in [-0.39, 0.29) is 29.3 Å². The maximum Gasteiger partial charge on any atom is 0.137 e. The zero-order valence-corrected chi connectivity index (χ0v) is 11.6. The highest BCUT2D eigenvalue weighted by molar-refractivity contribution is 5.86. The molecule has 0 aromatic heterocycles. The first-order valence-electron chi connectivity index (χ1n) is 7.82. The lowest BCUT2D eigenvalue weighted by Crippen LogP contribution is -2.52. The predicted molar refractivity (Wildman–Crippen MR) is 72.3 cm³/mol. The quantitative estimate of drug-likeness (QED) is 0.724.